The molecule has 0 radical (unpaired) electrons. The van der Waals surface area contributed by atoms with Gasteiger partial charge in [-0.15, -0.1) is 0 Å². The number of carbonyl (C=O) groups excluding carboxylic acids is 3. The van der Waals surface area contributed by atoms with Crippen molar-refractivity contribution < 1.29 is 18.8 Å². The molecule has 0 bridgehead atoms. The second-order valence-electron chi connectivity index (χ2n) is 8.02. The van der Waals surface area contributed by atoms with Gasteiger partial charge >= 0.3 is 6.03 Å². The topological polar surface area (TPSA) is 112 Å². The normalized spacial score (nSPS) is 11.5. The largest absolute Gasteiger partial charge is 0.467 e. The first-order chi connectivity index (χ1) is 15.8. The smallest absolute Gasteiger partial charge is 0.319 e. The molecule has 0 aliphatic carbocycles. The molecule has 0 spiro atoms. The van der Waals surface area contributed by atoms with E-state index in [2.05, 4.69) is 21.3 Å². The van der Waals surface area contributed by atoms with Gasteiger partial charge in [0.2, 0.25) is 5.91 Å². The van der Waals surface area contributed by atoms with Gasteiger partial charge in [0, 0.05) is 16.9 Å². The van der Waals surface area contributed by atoms with Crippen LogP contribution < -0.4 is 21.3 Å². The number of benzene rings is 2. The summed E-state index contributed by atoms with van der Waals surface area (Å²) in [7, 11) is 0. The summed E-state index contributed by atoms with van der Waals surface area (Å²) in [6.07, 6.45) is 1.54. The van der Waals surface area contributed by atoms with E-state index in [1.165, 1.54) is 0 Å². The molecule has 0 saturated carbocycles. The van der Waals surface area contributed by atoms with E-state index in [-0.39, 0.29) is 30.3 Å². The van der Waals surface area contributed by atoms with Crippen LogP contribution in [0.4, 0.5) is 16.2 Å². The van der Waals surface area contributed by atoms with Crippen LogP contribution in [-0.2, 0) is 11.3 Å². The quantitative estimate of drug-likeness (QED) is 0.411. The summed E-state index contributed by atoms with van der Waals surface area (Å²) in [5.74, 6) is -0.0782. The lowest BCUT2D eigenvalue weighted by Gasteiger charge is -2.22. The van der Waals surface area contributed by atoms with Crippen LogP contribution in [0.3, 0.4) is 0 Å². The molecule has 3 rings (SSSR count). The number of hydrogen-bond donors (Lipinski definition) is 4. The maximum atomic E-state index is 12.8. The van der Waals surface area contributed by atoms with Crippen LogP contribution in [-0.4, -0.2) is 23.9 Å². The van der Waals surface area contributed by atoms with Gasteiger partial charge in [-0.3, -0.25) is 9.59 Å². The molecule has 0 fully saturated rings. The van der Waals surface area contributed by atoms with Crippen molar-refractivity contribution >= 4 is 29.2 Å². The number of aryl methyl sites for hydroxylation is 1. The van der Waals surface area contributed by atoms with Crippen LogP contribution in [0.2, 0.25) is 0 Å². The van der Waals surface area contributed by atoms with E-state index in [1.54, 1.807) is 54.8 Å². The zero-order valence-electron chi connectivity index (χ0n) is 18.8. The number of carbonyl (C=O) groups is 3. The lowest BCUT2D eigenvalue weighted by molar-refractivity contribution is -0.118. The molecule has 8 heteroatoms. The van der Waals surface area contributed by atoms with Crippen LogP contribution in [0.1, 0.15) is 35.5 Å². The predicted molar refractivity (Wildman–Crippen MR) is 127 cm³/mol. The Hall–Kier alpha value is -4.07. The van der Waals surface area contributed by atoms with Crippen LogP contribution in [0.15, 0.2) is 71.3 Å². The predicted octanol–water partition coefficient (Wildman–Crippen LogP) is 4.30. The van der Waals surface area contributed by atoms with Crippen molar-refractivity contribution in [2.75, 3.05) is 10.6 Å². The highest BCUT2D eigenvalue weighted by molar-refractivity contribution is 6.01. The minimum atomic E-state index is -0.705. The number of nitrogens with one attached hydrogen (secondary N) is 4. The van der Waals surface area contributed by atoms with Gasteiger partial charge in [0.15, 0.2) is 0 Å². The van der Waals surface area contributed by atoms with Gasteiger partial charge in [-0.25, -0.2) is 4.79 Å². The Bertz CT molecular complexity index is 1090. The van der Waals surface area contributed by atoms with Crippen molar-refractivity contribution in [1.29, 1.82) is 0 Å². The van der Waals surface area contributed by atoms with Crippen molar-refractivity contribution in [3.05, 3.63) is 83.8 Å². The van der Waals surface area contributed by atoms with Gasteiger partial charge in [-0.05, 0) is 61.4 Å². The van der Waals surface area contributed by atoms with Crippen LogP contribution in [0.25, 0.3) is 0 Å². The minimum Gasteiger partial charge on any atom is -0.467 e. The first-order valence-corrected chi connectivity index (χ1v) is 10.7. The van der Waals surface area contributed by atoms with E-state index in [0.717, 1.165) is 5.56 Å². The number of furan rings is 1. The molecule has 1 unspecified atom stereocenters. The molecule has 4 amide bonds. The van der Waals surface area contributed by atoms with Crippen molar-refractivity contribution in [2.45, 2.75) is 33.4 Å². The molecule has 0 saturated heterocycles. The van der Waals surface area contributed by atoms with Gasteiger partial charge in [0.1, 0.15) is 11.8 Å². The molecule has 8 nitrogen and oxygen atoms in total. The molecular weight excluding hydrogens is 420 g/mol. The van der Waals surface area contributed by atoms with Gasteiger partial charge in [-0.2, -0.15) is 0 Å². The maximum absolute atomic E-state index is 12.8. The highest BCUT2D eigenvalue weighted by atomic mass is 16.3. The highest BCUT2D eigenvalue weighted by Crippen LogP contribution is 2.15. The fourth-order valence-corrected chi connectivity index (χ4v) is 3.16. The Balaban J connectivity index is 1.55. The van der Waals surface area contributed by atoms with Crippen LogP contribution in [0.5, 0.6) is 0 Å². The SMILES string of the molecule is Cc1cccc(C(=O)NC(C(=O)Nc2ccc(NC(=O)NCc3ccco3)cc2)C(C)C)c1. The molecule has 4 N–H and O–H groups in total. The minimum absolute atomic E-state index is 0.113. The Morgan fingerprint density at radius 1 is 0.909 bits per heavy atom. The number of anilines is 2. The second kappa shape index (κ2) is 11.0. The highest BCUT2D eigenvalue weighted by Gasteiger charge is 2.25. The number of urea groups is 1. The average Bonchev–Trinajstić information content (AvgIpc) is 3.30. The monoisotopic (exact) mass is 448 g/mol. The molecule has 2 aromatic carbocycles. The average molecular weight is 449 g/mol. The fraction of sp³-hybridized carbons (Fsp3) is 0.240. The van der Waals surface area contributed by atoms with Crippen molar-refractivity contribution in [3.8, 4) is 0 Å². The number of rotatable bonds is 8. The zero-order valence-corrected chi connectivity index (χ0v) is 18.8. The molecule has 0 aliphatic rings. The first kappa shape index (κ1) is 23.6. The molecule has 0 aliphatic heterocycles. The molecule has 1 heterocycles. The Kier molecular flexibility index (Phi) is 7.86. The van der Waals surface area contributed by atoms with Gasteiger partial charge in [0.25, 0.3) is 5.91 Å². The van der Waals surface area contributed by atoms with Gasteiger partial charge < -0.3 is 25.7 Å². The summed E-state index contributed by atoms with van der Waals surface area (Å²) in [4.78, 5) is 37.4. The van der Waals surface area contributed by atoms with Crippen molar-refractivity contribution in [1.82, 2.24) is 10.6 Å². The van der Waals surface area contributed by atoms with E-state index < -0.39 is 6.04 Å². The molecule has 3 aromatic rings. The van der Waals surface area contributed by atoms with Crippen LogP contribution >= 0.6 is 0 Å². The Morgan fingerprint density at radius 3 is 2.21 bits per heavy atom. The third-order valence-electron chi connectivity index (χ3n) is 4.93. The zero-order chi connectivity index (χ0) is 23.8. The molecule has 1 aromatic heterocycles. The summed E-state index contributed by atoms with van der Waals surface area (Å²) in [6.45, 7) is 5.92. The van der Waals surface area contributed by atoms with Gasteiger partial charge in [-0.1, -0.05) is 31.5 Å². The first-order valence-electron chi connectivity index (χ1n) is 10.7. The van der Waals surface area contributed by atoms with Crippen molar-refractivity contribution in [3.63, 3.8) is 0 Å². The van der Waals surface area contributed by atoms with E-state index in [0.29, 0.717) is 22.7 Å². The van der Waals surface area contributed by atoms with E-state index >= 15 is 0 Å². The summed E-state index contributed by atoms with van der Waals surface area (Å²) >= 11 is 0. The molecular formula is C25H28N4O4. The van der Waals surface area contributed by atoms with Crippen molar-refractivity contribution in [2.24, 2.45) is 5.92 Å². The van der Waals surface area contributed by atoms with E-state index in [9.17, 15) is 14.4 Å². The summed E-state index contributed by atoms with van der Waals surface area (Å²) in [5.41, 5.74) is 2.60. The lowest BCUT2D eigenvalue weighted by Crippen LogP contribution is -2.47. The summed E-state index contributed by atoms with van der Waals surface area (Å²) < 4.78 is 5.17. The summed E-state index contributed by atoms with van der Waals surface area (Å²) in [6, 6.07) is 16.4. The third kappa shape index (κ3) is 6.96. The third-order valence-corrected chi connectivity index (χ3v) is 4.93. The summed E-state index contributed by atoms with van der Waals surface area (Å²) in [5, 5.41) is 11.0. The van der Waals surface area contributed by atoms with Gasteiger partial charge in [0.05, 0.1) is 12.8 Å². The molecule has 172 valence electrons. The Morgan fingerprint density at radius 2 is 1.61 bits per heavy atom. The lowest BCUT2D eigenvalue weighted by atomic mass is 10.0. The van der Waals surface area contributed by atoms with E-state index in [1.807, 2.05) is 32.9 Å². The Labute approximate surface area is 192 Å². The molecule has 1 atom stereocenters. The molecule has 33 heavy (non-hydrogen) atoms. The van der Waals surface area contributed by atoms with Crippen LogP contribution in [0, 0.1) is 12.8 Å². The second-order valence-corrected chi connectivity index (χ2v) is 8.02. The standard InChI is InChI=1S/C25H28N4O4/c1-16(2)22(29-23(30)18-7-4-6-17(3)14-18)24(31)27-19-9-11-20(12-10-19)28-25(32)26-15-21-8-5-13-33-21/h4-14,16,22H,15H2,1-3H3,(H,27,31)(H,29,30)(H2,26,28,32). The number of hydrogen-bond acceptors (Lipinski definition) is 4. The fourth-order valence-electron chi connectivity index (χ4n) is 3.16. The maximum Gasteiger partial charge on any atom is 0.319 e. The number of amides is 4. The van der Waals surface area contributed by atoms with E-state index in [4.69, 9.17) is 4.42 Å².